The normalized spacial score (nSPS) is 26.2. The summed E-state index contributed by atoms with van der Waals surface area (Å²) in [5.74, 6) is 2.26. The Hall–Kier alpha value is -2.58. The third-order valence-electron chi connectivity index (χ3n) is 8.15. The van der Waals surface area contributed by atoms with E-state index in [0.717, 1.165) is 49.4 Å². The maximum Gasteiger partial charge on any atom is 0.317 e. The summed E-state index contributed by atoms with van der Waals surface area (Å²) >= 11 is 0. The number of hydrogen-bond donors (Lipinski definition) is 1. The molecule has 2 aromatic heterocycles. The van der Waals surface area contributed by atoms with E-state index in [4.69, 9.17) is 14.7 Å². The largest absolute Gasteiger partial charge is 0.378 e. The number of carbonyl (C=O) groups is 1. The molecule has 188 valence electrons. The standard InChI is InChI=1S/C27H38N6O2/c1-3-19(4-2)24-16-25(31-26(30-24)20-5-8-28-9-6-20)23-18-33-10-7-21(23)15-22(33)17-29-27(34)32-11-13-35-14-12-32/h5-6,8-9,16,19,21-23H,3-4,7,10-15,17-18H2,1-2H3,(H,29,34). The third-order valence-corrected chi connectivity index (χ3v) is 8.15. The van der Waals surface area contributed by atoms with Crippen molar-refractivity contribution < 1.29 is 9.53 Å². The number of nitrogens with zero attached hydrogens (tertiary/aromatic N) is 5. The molecule has 1 N–H and O–H groups in total. The van der Waals surface area contributed by atoms with Gasteiger partial charge < -0.3 is 15.0 Å². The molecule has 6 heterocycles. The molecule has 0 aromatic carbocycles. The molecule has 8 nitrogen and oxygen atoms in total. The summed E-state index contributed by atoms with van der Waals surface area (Å²) in [4.78, 5) is 31.3. The molecular formula is C27H38N6O2. The van der Waals surface area contributed by atoms with E-state index in [1.54, 1.807) is 0 Å². The van der Waals surface area contributed by atoms with E-state index < -0.39 is 0 Å². The third kappa shape index (κ3) is 5.33. The van der Waals surface area contributed by atoms with E-state index in [1.165, 1.54) is 12.1 Å². The van der Waals surface area contributed by atoms with Gasteiger partial charge in [-0.15, -0.1) is 0 Å². The monoisotopic (exact) mass is 478 g/mol. The second kappa shape index (κ2) is 11.0. The zero-order chi connectivity index (χ0) is 24.2. The topological polar surface area (TPSA) is 83.5 Å². The number of morpholine rings is 1. The zero-order valence-electron chi connectivity index (χ0n) is 21.0. The Kier molecular flexibility index (Phi) is 7.58. The van der Waals surface area contributed by atoms with Crippen LogP contribution in [0, 0.1) is 5.92 Å². The second-order valence-electron chi connectivity index (χ2n) is 10.1. The lowest BCUT2D eigenvalue weighted by atomic mass is 9.74. The highest BCUT2D eigenvalue weighted by Crippen LogP contribution is 2.42. The van der Waals surface area contributed by atoms with Gasteiger partial charge in [-0.2, -0.15) is 0 Å². The highest BCUT2D eigenvalue weighted by atomic mass is 16.5. The van der Waals surface area contributed by atoms with Crippen LogP contribution in [0.4, 0.5) is 4.79 Å². The second-order valence-corrected chi connectivity index (χ2v) is 10.1. The van der Waals surface area contributed by atoms with E-state index in [1.807, 2.05) is 29.4 Å². The van der Waals surface area contributed by atoms with Crippen LogP contribution in [0.15, 0.2) is 30.6 Å². The maximum absolute atomic E-state index is 12.6. The summed E-state index contributed by atoms with van der Waals surface area (Å²) in [6.45, 7) is 9.91. The van der Waals surface area contributed by atoms with E-state index in [2.05, 4.69) is 35.1 Å². The fourth-order valence-electron chi connectivity index (χ4n) is 5.99. The Morgan fingerprint density at radius 1 is 1.14 bits per heavy atom. The molecule has 0 aliphatic carbocycles. The molecule has 4 atom stereocenters. The average Bonchev–Trinajstić information content (AvgIpc) is 2.93. The summed E-state index contributed by atoms with van der Waals surface area (Å²) in [5, 5.41) is 3.19. The Labute approximate surface area is 208 Å². The molecule has 4 fully saturated rings. The van der Waals surface area contributed by atoms with Crippen LogP contribution < -0.4 is 5.32 Å². The number of rotatable bonds is 7. The first-order valence-electron chi connectivity index (χ1n) is 13.3. The lowest BCUT2D eigenvalue weighted by molar-refractivity contribution is 0.0275. The van der Waals surface area contributed by atoms with Gasteiger partial charge in [0.05, 0.1) is 13.2 Å². The predicted octanol–water partition coefficient (Wildman–Crippen LogP) is 3.66. The number of ether oxygens (including phenoxy) is 1. The lowest BCUT2D eigenvalue weighted by Gasteiger charge is -2.50. The molecule has 2 aromatic rings. The first-order valence-corrected chi connectivity index (χ1v) is 13.3. The summed E-state index contributed by atoms with van der Waals surface area (Å²) in [5.41, 5.74) is 3.37. The van der Waals surface area contributed by atoms with Crippen LogP contribution in [0.2, 0.25) is 0 Å². The summed E-state index contributed by atoms with van der Waals surface area (Å²) in [7, 11) is 0. The van der Waals surface area contributed by atoms with Crippen LogP contribution in [0.1, 0.15) is 62.8 Å². The number of aromatic nitrogens is 3. The Bertz CT molecular complexity index is 992. The summed E-state index contributed by atoms with van der Waals surface area (Å²) in [6.07, 6.45) is 8.07. The van der Waals surface area contributed by atoms with Crippen LogP contribution >= 0.6 is 0 Å². The minimum atomic E-state index is 0.0418. The quantitative estimate of drug-likeness (QED) is 0.654. The fourth-order valence-corrected chi connectivity index (χ4v) is 5.99. The van der Waals surface area contributed by atoms with Gasteiger partial charge in [-0.25, -0.2) is 14.8 Å². The lowest BCUT2D eigenvalue weighted by Crippen LogP contribution is -2.57. The predicted molar refractivity (Wildman–Crippen MR) is 135 cm³/mol. The van der Waals surface area contributed by atoms with Gasteiger partial charge in [-0.1, -0.05) is 13.8 Å². The number of pyridine rings is 1. The molecule has 4 saturated heterocycles. The molecule has 35 heavy (non-hydrogen) atoms. The van der Waals surface area contributed by atoms with Crippen molar-refractivity contribution >= 4 is 6.03 Å². The first kappa shape index (κ1) is 24.1. The van der Waals surface area contributed by atoms with Crippen LogP contribution in [-0.2, 0) is 4.74 Å². The van der Waals surface area contributed by atoms with Gasteiger partial charge in [0, 0.05) is 73.4 Å². The van der Waals surface area contributed by atoms with Crippen molar-refractivity contribution in [3.63, 3.8) is 0 Å². The number of piperidine rings is 3. The summed E-state index contributed by atoms with van der Waals surface area (Å²) < 4.78 is 5.37. The van der Waals surface area contributed by atoms with Crippen LogP contribution in [0.3, 0.4) is 0 Å². The van der Waals surface area contributed by atoms with Gasteiger partial charge in [-0.3, -0.25) is 9.88 Å². The highest BCUT2D eigenvalue weighted by molar-refractivity contribution is 5.74. The molecule has 6 rings (SSSR count). The van der Waals surface area contributed by atoms with Gasteiger partial charge >= 0.3 is 6.03 Å². The number of amides is 2. The minimum Gasteiger partial charge on any atom is -0.378 e. The highest BCUT2D eigenvalue weighted by Gasteiger charge is 2.41. The van der Waals surface area contributed by atoms with Crippen molar-refractivity contribution in [1.29, 1.82) is 0 Å². The molecule has 0 spiro atoms. The van der Waals surface area contributed by atoms with Crippen LogP contribution in [-0.4, -0.2) is 82.8 Å². The number of nitrogens with one attached hydrogen (secondary N) is 1. The smallest absolute Gasteiger partial charge is 0.317 e. The molecule has 4 unspecified atom stereocenters. The number of urea groups is 1. The van der Waals surface area contributed by atoms with Gasteiger partial charge in [0.1, 0.15) is 0 Å². The van der Waals surface area contributed by atoms with Crippen LogP contribution in [0.25, 0.3) is 11.4 Å². The van der Waals surface area contributed by atoms with Crippen LogP contribution in [0.5, 0.6) is 0 Å². The Morgan fingerprint density at radius 3 is 2.60 bits per heavy atom. The van der Waals surface area contributed by atoms with E-state index in [0.29, 0.717) is 56.6 Å². The SMILES string of the molecule is CCC(CC)c1cc(C2CN3CCC2CC3CNC(=O)N2CCOCC2)nc(-c2ccncc2)n1. The molecule has 4 aliphatic rings. The zero-order valence-corrected chi connectivity index (χ0v) is 21.0. The van der Waals surface area contributed by atoms with Gasteiger partial charge in [0.2, 0.25) is 0 Å². The van der Waals surface area contributed by atoms with Crippen molar-refractivity contribution in [3.05, 3.63) is 42.0 Å². The van der Waals surface area contributed by atoms with E-state index in [-0.39, 0.29) is 6.03 Å². The Balaban J connectivity index is 1.32. The maximum atomic E-state index is 12.6. The number of hydrogen-bond acceptors (Lipinski definition) is 6. The molecule has 2 amide bonds. The minimum absolute atomic E-state index is 0.0418. The number of carbonyl (C=O) groups excluding carboxylic acids is 1. The molecule has 2 bridgehead atoms. The van der Waals surface area contributed by atoms with Crippen molar-refractivity contribution in [2.45, 2.75) is 57.4 Å². The van der Waals surface area contributed by atoms with Gasteiger partial charge in [-0.05, 0) is 56.3 Å². The Morgan fingerprint density at radius 2 is 1.91 bits per heavy atom. The van der Waals surface area contributed by atoms with E-state index >= 15 is 0 Å². The van der Waals surface area contributed by atoms with Crippen molar-refractivity contribution in [1.82, 2.24) is 30.1 Å². The fraction of sp³-hybridized carbons (Fsp3) is 0.630. The van der Waals surface area contributed by atoms with Crippen molar-refractivity contribution in [2.75, 3.05) is 45.9 Å². The summed E-state index contributed by atoms with van der Waals surface area (Å²) in [6, 6.07) is 6.72. The van der Waals surface area contributed by atoms with Gasteiger partial charge in [0.25, 0.3) is 0 Å². The molecule has 0 radical (unpaired) electrons. The molecule has 0 saturated carbocycles. The van der Waals surface area contributed by atoms with E-state index in [9.17, 15) is 4.79 Å². The average molecular weight is 479 g/mol. The van der Waals surface area contributed by atoms with Gasteiger partial charge in [0.15, 0.2) is 5.82 Å². The van der Waals surface area contributed by atoms with Crippen molar-refractivity contribution in [3.8, 4) is 11.4 Å². The first-order chi connectivity index (χ1) is 17.2. The number of fused-ring (bicyclic) bond motifs is 3. The molecule has 8 heteroatoms. The van der Waals surface area contributed by atoms with Crippen molar-refractivity contribution in [2.24, 2.45) is 5.92 Å². The molecule has 4 aliphatic heterocycles. The molecular weight excluding hydrogens is 440 g/mol.